The van der Waals surface area contributed by atoms with Crippen molar-refractivity contribution >= 4 is 17.7 Å². The van der Waals surface area contributed by atoms with E-state index in [-0.39, 0.29) is 17.3 Å². The number of amides is 1. The van der Waals surface area contributed by atoms with Crippen LogP contribution in [0.1, 0.15) is 23.3 Å². The summed E-state index contributed by atoms with van der Waals surface area (Å²) in [6.07, 6.45) is 1.20. The minimum absolute atomic E-state index is 0.00248. The number of nitrogens with two attached hydrogens (primary N) is 1. The Balaban J connectivity index is 1.63. The molecular formula is C22H19FN4O4. The van der Waals surface area contributed by atoms with E-state index in [9.17, 15) is 19.1 Å². The Morgan fingerprint density at radius 2 is 1.71 bits per heavy atom. The van der Waals surface area contributed by atoms with Crippen LogP contribution in [-0.2, 0) is 4.79 Å². The lowest BCUT2D eigenvalue weighted by molar-refractivity contribution is -0.138. The van der Waals surface area contributed by atoms with Crippen molar-refractivity contribution in [2.24, 2.45) is 5.73 Å². The first-order chi connectivity index (χ1) is 14.9. The summed E-state index contributed by atoms with van der Waals surface area (Å²) in [6, 6.07) is 13.1. The van der Waals surface area contributed by atoms with Gasteiger partial charge in [-0.3, -0.25) is 4.79 Å². The Morgan fingerprint density at radius 1 is 1.06 bits per heavy atom. The van der Waals surface area contributed by atoms with Crippen LogP contribution in [0.25, 0.3) is 11.4 Å². The molecule has 1 unspecified atom stereocenters. The molecule has 3 N–H and O–H groups in total. The van der Waals surface area contributed by atoms with E-state index in [2.05, 4.69) is 9.97 Å². The lowest BCUT2D eigenvalue weighted by Gasteiger charge is -2.23. The van der Waals surface area contributed by atoms with Crippen LogP contribution in [0.4, 0.5) is 10.2 Å². The fourth-order valence-corrected chi connectivity index (χ4v) is 3.45. The molecule has 0 spiro atoms. The fourth-order valence-electron chi connectivity index (χ4n) is 3.45. The molecule has 1 aromatic heterocycles. The van der Waals surface area contributed by atoms with E-state index in [4.69, 9.17) is 10.5 Å². The highest BCUT2D eigenvalue weighted by molar-refractivity contribution is 5.92. The Hall–Kier alpha value is -4.01. The highest BCUT2D eigenvalue weighted by Gasteiger charge is 2.32. The van der Waals surface area contributed by atoms with Crippen molar-refractivity contribution in [3.05, 3.63) is 66.1 Å². The summed E-state index contributed by atoms with van der Waals surface area (Å²) in [5, 5.41) is 9.47. The van der Waals surface area contributed by atoms with Gasteiger partial charge in [0.2, 0.25) is 0 Å². The van der Waals surface area contributed by atoms with Gasteiger partial charge in [0.25, 0.3) is 5.91 Å². The molecule has 9 heteroatoms. The fraction of sp³-hybridized carbons (Fsp3) is 0.182. The van der Waals surface area contributed by atoms with Crippen LogP contribution in [-0.4, -0.2) is 39.5 Å². The molecule has 31 heavy (non-hydrogen) atoms. The van der Waals surface area contributed by atoms with Crippen LogP contribution >= 0.6 is 0 Å². The number of anilines is 1. The summed E-state index contributed by atoms with van der Waals surface area (Å²) >= 11 is 0. The summed E-state index contributed by atoms with van der Waals surface area (Å²) in [4.78, 5) is 33.7. The van der Waals surface area contributed by atoms with Crippen LogP contribution in [0.2, 0.25) is 0 Å². The number of benzene rings is 2. The van der Waals surface area contributed by atoms with E-state index in [1.54, 1.807) is 29.2 Å². The molecule has 0 radical (unpaired) electrons. The maximum Gasteiger partial charge on any atom is 0.326 e. The van der Waals surface area contributed by atoms with Gasteiger partial charge in [0.1, 0.15) is 34.9 Å². The zero-order chi connectivity index (χ0) is 22.0. The Kier molecular flexibility index (Phi) is 5.48. The molecular weight excluding hydrogens is 403 g/mol. The van der Waals surface area contributed by atoms with E-state index in [0.29, 0.717) is 42.3 Å². The van der Waals surface area contributed by atoms with Gasteiger partial charge in [-0.15, -0.1) is 0 Å². The second-order valence-electron chi connectivity index (χ2n) is 7.07. The predicted octanol–water partition coefficient (Wildman–Crippen LogP) is 3.23. The molecule has 8 nitrogen and oxygen atoms in total. The zero-order valence-corrected chi connectivity index (χ0v) is 16.4. The molecule has 2 aromatic carbocycles. The van der Waals surface area contributed by atoms with E-state index < -0.39 is 17.9 Å². The standard InChI is InChI=1S/C22H19FN4O4/c23-14-5-9-16(10-6-14)31-15-7-3-13(4-8-15)21-25-17(20(24)28)12-19(26-21)27-11-1-2-18(27)22(29)30/h3-10,12,18H,1-2,11H2,(H2,24,28)(H,29,30). The molecule has 0 bridgehead atoms. The van der Waals surface area contributed by atoms with Crippen molar-refractivity contribution in [2.45, 2.75) is 18.9 Å². The largest absolute Gasteiger partial charge is 0.480 e. The second-order valence-corrected chi connectivity index (χ2v) is 7.07. The van der Waals surface area contributed by atoms with Gasteiger partial charge in [-0.1, -0.05) is 0 Å². The molecule has 158 valence electrons. The summed E-state index contributed by atoms with van der Waals surface area (Å²) in [6.45, 7) is 0.510. The average Bonchev–Trinajstić information content (AvgIpc) is 3.26. The number of aromatic nitrogens is 2. The number of carbonyl (C=O) groups excluding carboxylic acids is 1. The van der Waals surface area contributed by atoms with Crippen LogP contribution in [0.3, 0.4) is 0 Å². The number of nitrogens with zero attached hydrogens (tertiary/aromatic N) is 3. The molecule has 1 fully saturated rings. The molecule has 3 aromatic rings. The molecule has 1 saturated heterocycles. The minimum Gasteiger partial charge on any atom is -0.480 e. The summed E-state index contributed by atoms with van der Waals surface area (Å²) < 4.78 is 18.7. The highest BCUT2D eigenvalue weighted by atomic mass is 19.1. The first-order valence-corrected chi connectivity index (χ1v) is 9.63. The molecule has 2 heterocycles. The maximum atomic E-state index is 13.0. The monoisotopic (exact) mass is 422 g/mol. The van der Waals surface area contributed by atoms with Crippen molar-refractivity contribution in [1.29, 1.82) is 0 Å². The molecule has 1 aliphatic rings. The number of carboxylic acid groups (broad SMARTS) is 1. The SMILES string of the molecule is NC(=O)c1cc(N2CCCC2C(=O)O)nc(-c2ccc(Oc3ccc(F)cc3)cc2)n1. The van der Waals surface area contributed by atoms with Gasteiger partial charge in [-0.2, -0.15) is 0 Å². The normalized spacial score (nSPS) is 15.6. The number of halogens is 1. The first-order valence-electron chi connectivity index (χ1n) is 9.63. The lowest BCUT2D eigenvalue weighted by Crippen LogP contribution is -2.36. The lowest BCUT2D eigenvalue weighted by atomic mass is 10.2. The van der Waals surface area contributed by atoms with E-state index in [1.165, 1.54) is 30.3 Å². The van der Waals surface area contributed by atoms with Gasteiger partial charge >= 0.3 is 5.97 Å². The molecule has 1 amide bonds. The second kappa shape index (κ2) is 8.39. The quantitative estimate of drug-likeness (QED) is 0.626. The third-order valence-corrected chi connectivity index (χ3v) is 4.96. The van der Waals surface area contributed by atoms with Gasteiger partial charge in [0.05, 0.1) is 0 Å². The minimum atomic E-state index is -0.944. The summed E-state index contributed by atoms with van der Waals surface area (Å²) in [5.74, 6) is -0.434. The van der Waals surface area contributed by atoms with Crippen LogP contribution in [0, 0.1) is 5.82 Å². The Labute approximate surface area is 177 Å². The van der Waals surface area contributed by atoms with Gasteiger partial charge in [-0.25, -0.2) is 19.2 Å². The number of hydrogen-bond acceptors (Lipinski definition) is 6. The number of rotatable bonds is 6. The summed E-state index contributed by atoms with van der Waals surface area (Å²) in [7, 11) is 0. The van der Waals surface area contributed by atoms with Gasteiger partial charge in [-0.05, 0) is 61.4 Å². The van der Waals surface area contributed by atoms with Crippen molar-refractivity contribution in [1.82, 2.24) is 9.97 Å². The molecule has 4 rings (SSSR count). The van der Waals surface area contributed by atoms with Gasteiger partial charge in [0, 0.05) is 18.2 Å². The highest BCUT2D eigenvalue weighted by Crippen LogP contribution is 2.29. The topological polar surface area (TPSA) is 119 Å². The van der Waals surface area contributed by atoms with E-state index >= 15 is 0 Å². The average molecular weight is 422 g/mol. The molecule has 0 aliphatic carbocycles. The number of ether oxygens (including phenoxy) is 1. The number of hydrogen-bond donors (Lipinski definition) is 2. The zero-order valence-electron chi connectivity index (χ0n) is 16.4. The summed E-state index contributed by atoms with van der Waals surface area (Å²) in [5.41, 5.74) is 6.03. The van der Waals surface area contributed by atoms with Crippen molar-refractivity contribution in [3.8, 4) is 22.9 Å². The Bertz CT molecular complexity index is 1120. The van der Waals surface area contributed by atoms with E-state index in [1.807, 2.05) is 0 Å². The van der Waals surface area contributed by atoms with Gasteiger partial charge in [0.15, 0.2) is 5.82 Å². The maximum absolute atomic E-state index is 13.0. The van der Waals surface area contributed by atoms with Crippen LogP contribution in [0.5, 0.6) is 11.5 Å². The van der Waals surface area contributed by atoms with Crippen molar-refractivity contribution in [3.63, 3.8) is 0 Å². The number of primary amides is 1. The Morgan fingerprint density at radius 3 is 2.32 bits per heavy atom. The van der Waals surface area contributed by atoms with Crippen molar-refractivity contribution in [2.75, 3.05) is 11.4 Å². The number of carboxylic acids is 1. The van der Waals surface area contributed by atoms with Crippen LogP contribution in [0.15, 0.2) is 54.6 Å². The molecule has 1 atom stereocenters. The number of carbonyl (C=O) groups is 2. The molecule has 0 saturated carbocycles. The smallest absolute Gasteiger partial charge is 0.326 e. The van der Waals surface area contributed by atoms with Crippen LogP contribution < -0.4 is 15.4 Å². The predicted molar refractivity (Wildman–Crippen MR) is 110 cm³/mol. The van der Waals surface area contributed by atoms with Crippen molar-refractivity contribution < 1.29 is 23.8 Å². The molecule has 1 aliphatic heterocycles. The first kappa shape index (κ1) is 20.3. The third-order valence-electron chi connectivity index (χ3n) is 4.96. The number of aliphatic carboxylic acids is 1. The third kappa shape index (κ3) is 4.45. The van der Waals surface area contributed by atoms with Gasteiger partial charge < -0.3 is 20.5 Å². The van der Waals surface area contributed by atoms with E-state index in [0.717, 1.165) is 0 Å².